The maximum atomic E-state index is 12.1. The monoisotopic (exact) mass is 301 g/mol. The molecule has 0 aliphatic heterocycles. The van der Waals surface area contributed by atoms with Gasteiger partial charge in [0.2, 0.25) is 0 Å². The molecule has 1 heterocycles. The van der Waals surface area contributed by atoms with Crippen molar-refractivity contribution in [1.29, 1.82) is 0 Å². The molecular formula is C16H19N3O3. The van der Waals surface area contributed by atoms with Crippen LogP contribution in [0.3, 0.4) is 0 Å². The fraction of sp³-hybridized carbons (Fsp3) is 0.250. The van der Waals surface area contributed by atoms with E-state index in [1.165, 1.54) is 7.11 Å². The molecule has 0 spiro atoms. The summed E-state index contributed by atoms with van der Waals surface area (Å²) in [5.74, 6) is 1.67. The molecule has 0 saturated carbocycles. The van der Waals surface area contributed by atoms with Gasteiger partial charge < -0.3 is 14.8 Å². The van der Waals surface area contributed by atoms with E-state index in [9.17, 15) is 4.79 Å². The van der Waals surface area contributed by atoms with Crippen LogP contribution in [0.5, 0.6) is 11.5 Å². The highest BCUT2D eigenvalue weighted by Gasteiger charge is 2.10. The lowest BCUT2D eigenvalue weighted by Crippen LogP contribution is -2.20. The highest BCUT2D eigenvalue weighted by Crippen LogP contribution is 2.29. The van der Waals surface area contributed by atoms with Gasteiger partial charge in [0, 0.05) is 11.8 Å². The molecule has 0 saturated heterocycles. The number of nitrogens with zero attached hydrogens (tertiary/aromatic N) is 1. The molecule has 0 unspecified atom stereocenters. The van der Waals surface area contributed by atoms with Crippen molar-refractivity contribution in [3.63, 3.8) is 0 Å². The van der Waals surface area contributed by atoms with Crippen molar-refractivity contribution in [1.82, 2.24) is 4.98 Å². The second-order valence-electron chi connectivity index (χ2n) is 4.82. The van der Waals surface area contributed by atoms with E-state index in [2.05, 4.69) is 15.6 Å². The van der Waals surface area contributed by atoms with E-state index in [1.807, 2.05) is 19.9 Å². The first kappa shape index (κ1) is 15.6. The Morgan fingerprint density at radius 2 is 1.82 bits per heavy atom. The van der Waals surface area contributed by atoms with Gasteiger partial charge in [-0.1, -0.05) is 0 Å². The zero-order valence-corrected chi connectivity index (χ0v) is 13.1. The van der Waals surface area contributed by atoms with E-state index in [4.69, 9.17) is 9.47 Å². The smallest absolute Gasteiger partial charge is 0.324 e. The van der Waals surface area contributed by atoms with Crippen LogP contribution in [-0.2, 0) is 0 Å². The van der Waals surface area contributed by atoms with Crippen LogP contribution in [0.15, 0.2) is 30.3 Å². The molecule has 6 heteroatoms. The van der Waals surface area contributed by atoms with Gasteiger partial charge in [-0.3, -0.25) is 5.32 Å². The summed E-state index contributed by atoms with van der Waals surface area (Å²) in [6.45, 7) is 3.83. The van der Waals surface area contributed by atoms with Gasteiger partial charge in [0.05, 0.1) is 19.9 Å². The lowest BCUT2D eigenvalue weighted by atomic mass is 10.2. The first-order chi connectivity index (χ1) is 10.5. The SMILES string of the molecule is COc1ccc(NC(=O)Nc2cc(C)cc(C)n2)c(OC)c1. The van der Waals surface area contributed by atoms with E-state index >= 15 is 0 Å². The minimum absolute atomic E-state index is 0.388. The van der Waals surface area contributed by atoms with Crippen molar-refractivity contribution in [3.8, 4) is 11.5 Å². The van der Waals surface area contributed by atoms with Gasteiger partial charge in [-0.05, 0) is 43.7 Å². The number of urea groups is 1. The molecule has 0 bridgehead atoms. The van der Waals surface area contributed by atoms with Crippen LogP contribution in [0, 0.1) is 13.8 Å². The van der Waals surface area contributed by atoms with E-state index in [-0.39, 0.29) is 6.03 Å². The van der Waals surface area contributed by atoms with Crippen LogP contribution < -0.4 is 20.1 Å². The Labute approximate surface area is 129 Å². The van der Waals surface area contributed by atoms with Gasteiger partial charge >= 0.3 is 6.03 Å². The van der Waals surface area contributed by atoms with Crippen LogP contribution in [0.2, 0.25) is 0 Å². The third kappa shape index (κ3) is 3.88. The minimum Gasteiger partial charge on any atom is -0.497 e. The number of methoxy groups -OCH3 is 2. The lowest BCUT2D eigenvalue weighted by Gasteiger charge is -2.12. The maximum absolute atomic E-state index is 12.1. The topological polar surface area (TPSA) is 72.5 Å². The molecule has 22 heavy (non-hydrogen) atoms. The Kier molecular flexibility index (Phi) is 4.83. The van der Waals surface area contributed by atoms with Gasteiger partial charge in [0.25, 0.3) is 0 Å². The Hall–Kier alpha value is -2.76. The van der Waals surface area contributed by atoms with Gasteiger partial charge in [-0.2, -0.15) is 0 Å². The predicted molar refractivity (Wildman–Crippen MR) is 85.9 cm³/mol. The number of hydrogen-bond acceptors (Lipinski definition) is 4. The van der Waals surface area contributed by atoms with Crippen molar-refractivity contribution >= 4 is 17.5 Å². The number of carbonyl (C=O) groups is 1. The van der Waals surface area contributed by atoms with Crippen molar-refractivity contribution in [2.45, 2.75) is 13.8 Å². The molecule has 2 amide bonds. The molecule has 0 aliphatic carbocycles. The Balaban J connectivity index is 2.11. The van der Waals surface area contributed by atoms with Crippen LogP contribution in [-0.4, -0.2) is 25.2 Å². The average molecular weight is 301 g/mol. The largest absolute Gasteiger partial charge is 0.497 e. The van der Waals surface area contributed by atoms with Crippen molar-refractivity contribution in [2.75, 3.05) is 24.9 Å². The molecule has 2 aromatic rings. The van der Waals surface area contributed by atoms with Gasteiger partial charge in [-0.25, -0.2) is 9.78 Å². The molecule has 0 atom stereocenters. The third-order valence-corrected chi connectivity index (χ3v) is 3.00. The fourth-order valence-corrected chi connectivity index (χ4v) is 2.08. The molecule has 2 rings (SSSR count). The Morgan fingerprint density at radius 3 is 2.45 bits per heavy atom. The van der Waals surface area contributed by atoms with Crippen molar-refractivity contribution in [2.24, 2.45) is 0 Å². The zero-order chi connectivity index (χ0) is 16.1. The number of anilines is 2. The molecule has 1 aromatic carbocycles. The van der Waals surface area contributed by atoms with Crippen LogP contribution in [0.1, 0.15) is 11.3 Å². The number of benzene rings is 1. The summed E-state index contributed by atoms with van der Waals surface area (Å²) < 4.78 is 10.4. The number of aryl methyl sites for hydroxylation is 2. The molecule has 6 nitrogen and oxygen atoms in total. The number of pyridine rings is 1. The number of nitrogens with one attached hydrogen (secondary N) is 2. The predicted octanol–water partition coefficient (Wildman–Crippen LogP) is 3.36. The first-order valence-electron chi connectivity index (χ1n) is 6.77. The fourth-order valence-electron chi connectivity index (χ4n) is 2.08. The number of amides is 2. The second kappa shape index (κ2) is 6.80. The van der Waals surface area contributed by atoms with Crippen LogP contribution in [0.4, 0.5) is 16.3 Å². The Morgan fingerprint density at radius 1 is 1.05 bits per heavy atom. The quantitative estimate of drug-likeness (QED) is 0.908. The summed E-state index contributed by atoms with van der Waals surface area (Å²) in [6, 6.07) is 8.51. The van der Waals surface area contributed by atoms with Gasteiger partial charge in [0.15, 0.2) is 0 Å². The molecule has 0 aliphatic rings. The first-order valence-corrected chi connectivity index (χ1v) is 6.77. The number of ether oxygens (including phenoxy) is 2. The van der Waals surface area contributed by atoms with Crippen molar-refractivity contribution < 1.29 is 14.3 Å². The van der Waals surface area contributed by atoms with E-state index in [0.29, 0.717) is 23.0 Å². The van der Waals surface area contributed by atoms with Gasteiger partial charge in [0.1, 0.15) is 17.3 Å². The zero-order valence-electron chi connectivity index (χ0n) is 13.1. The van der Waals surface area contributed by atoms with E-state index in [1.54, 1.807) is 31.4 Å². The summed E-state index contributed by atoms with van der Waals surface area (Å²) in [6.07, 6.45) is 0. The second-order valence-corrected chi connectivity index (χ2v) is 4.82. The normalized spacial score (nSPS) is 10.0. The average Bonchev–Trinajstić information content (AvgIpc) is 2.46. The summed E-state index contributed by atoms with van der Waals surface area (Å²) in [5, 5.41) is 5.43. The molecule has 0 fully saturated rings. The number of rotatable bonds is 4. The maximum Gasteiger partial charge on any atom is 0.324 e. The summed E-state index contributed by atoms with van der Waals surface area (Å²) in [4.78, 5) is 16.3. The lowest BCUT2D eigenvalue weighted by molar-refractivity contribution is 0.262. The number of carbonyl (C=O) groups excluding carboxylic acids is 1. The van der Waals surface area contributed by atoms with Crippen LogP contribution in [0.25, 0.3) is 0 Å². The molecular weight excluding hydrogens is 282 g/mol. The highest BCUT2D eigenvalue weighted by molar-refractivity contribution is 6.00. The summed E-state index contributed by atoms with van der Waals surface area (Å²) in [5.41, 5.74) is 2.42. The third-order valence-electron chi connectivity index (χ3n) is 3.00. The molecule has 116 valence electrons. The number of hydrogen-bond donors (Lipinski definition) is 2. The minimum atomic E-state index is -0.388. The molecule has 2 N–H and O–H groups in total. The van der Waals surface area contributed by atoms with Crippen LogP contribution >= 0.6 is 0 Å². The van der Waals surface area contributed by atoms with Gasteiger partial charge in [-0.15, -0.1) is 0 Å². The highest BCUT2D eigenvalue weighted by atomic mass is 16.5. The molecule has 0 radical (unpaired) electrons. The summed E-state index contributed by atoms with van der Waals surface area (Å²) >= 11 is 0. The summed E-state index contributed by atoms with van der Waals surface area (Å²) in [7, 11) is 3.10. The number of aromatic nitrogens is 1. The van der Waals surface area contributed by atoms with Crippen molar-refractivity contribution in [3.05, 3.63) is 41.6 Å². The van der Waals surface area contributed by atoms with E-state index < -0.39 is 0 Å². The standard InChI is InChI=1S/C16H19N3O3/c1-10-7-11(2)17-15(8-10)19-16(20)18-13-6-5-12(21-3)9-14(13)22-4/h5-9H,1-4H3,(H2,17,18,19,20). The van der Waals surface area contributed by atoms with E-state index in [0.717, 1.165) is 11.3 Å². The molecule has 1 aromatic heterocycles. The Bertz CT molecular complexity index is 666.